The molecule has 0 aromatic carbocycles. The second-order valence-corrected chi connectivity index (χ2v) is 4.63. The molecule has 3 atom stereocenters. The second kappa shape index (κ2) is 2.65. The summed E-state index contributed by atoms with van der Waals surface area (Å²) in [5.74, 6) is 0. The minimum atomic E-state index is -1.23. The maximum Gasteiger partial charge on any atom is 0.133 e. The second-order valence-electron chi connectivity index (χ2n) is 3.72. The molecule has 4 heteroatoms. The van der Waals surface area contributed by atoms with Crippen molar-refractivity contribution in [3.8, 4) is 0 Å². The quantitative estimate of drug-likeness (QED) is 0.637. The van der Waals surface area contributed by atoms with Gasteiger partial charge in [-0.05, 0) is 20.5 Å². The molecule has 0 bridgehead atoms. The first-order valence-corrected chi connectivity index (χ1v) is 4.25. The summed E-state index contributed by atoms with van der Waals surface area (Å²) < 4.78 is 13.3. The smallest absolute Gasteiger partial charge is 0.133 e. The Morgan fingerprint density at radius 3 is 2.18 bits per heavy atom. The van der Waals surface area contributed by atoms with E-state index in [4.69, 9.17) is 5.11 Å². The molecule has 0 amide bonds. The molecule has 0 radical (unpaired) electrons. The molecule has 0 heterocycles. The summed E-state index contributed by atoms with van der Waals surface area (Å²) in [4.78, 5) is 1.90. The van der Waals surface area contributed by atoms with Gasteiger partial charge in [0.05, 0.1) is 6.61 Å². The summed E-state index contributed by atoms with van der Waals surface area (Å²) >= 11 is 0. The first kappa shape index (κ1) is 9.37. The molecule has 11 heavy (non-hydrogen) atoms. The summed E-state index contributed by atoms with van der Waals surface area (Å²) in [5.41, 5.74) is -0.513. The van der Waals surface area contributed by atoms with E-state index in [0.717, 1.165) is 0 Å². The van der Waals surface area contributed by atoms with Gasteiger partial charge in [0.25, 0.3) is 0 Å². The van der Waals surface area contributed by atoms with Crippen LogP contribution in [0.3, 0.4) is 0 Å². The molecule has 1 N–H and O–H groups in total. The molecule has 66 valence electrons. The zero-order chi connectivity index (χ0) is 8.70. The normalized spacial score (nSPS) is 43.1. The van der Waals surface area contributed by atoms with Gasteiger partial charge >= 0.3 is 0 Å². The van der Waals surface area contributed by atoms with E-state index in [1.54, 1.807) is 0 Å². The van der Waals surface area contributed by atoms with E-state index in [0.29, 0.717) is 13.0 Å². The third-order valence-corrected chi connectivity index (χ3v) is 3.09. The van der Waals surface area contributed by atoms with Crippen LogP contribution in [0.1, 0.15) is 6.42 Å². The maximum atomic E-state index is 13.3. The first-order chi connectivity index (χ1) is 4.93. The zero-order valence-corrected chi connectivity index (χ0v) is 8.13. The van der Waals surface area contributed by atoms with Crippen LogP contribution in [0, 0.1) is 5.41 Å². The number of hydrogen-bond donors (Lipinski definition) is 1. The minimum absolute atomic E-state index is 0.0643. The number of halogens is 1. The number of rotatable bonds is 3. The Labute approximate surface area is 69.0 Å². The van der Waals surface area contributed by atoms with Gasteiger partial charge in [-0.2, -0.15) is 0 Å². The number of nitrogens with zero attached hydrogens (tertiary/aromatic N) is 1. The Hall–Kier alpha value is 0.280. The van der Waals surface area contributed by atoms with Gasteiger partial charge in [-0.3, -0.25) is 0 Å². The van der Waals surface area contributed by atoms with Crippen molar-refractivity contribution < 1.29 is 9.50 Å². The van der Waals surface area contributed by atoms with Crippen LogP contribution in [-0.2, 0) is 0 Å². The van der Waals surface area contributed by atoms with Crippen LogP contribution in [0.5, 0.6) is 0 Å². The fourth-order valence-electron chi connectivity index (χ4n) is 1.48. The highest BCUT2D eigenvalue weighted by Gasteiger charge is 2.65. The molecule has 2 nitrogen and oxygen atoms in total. The van der Waals surface area contributed by atoms with Gasteiger partial charge in [0, 0.05) is 12.0 Å². The Kier molecular flexibility index (Phi) is 2.26. The molecule has 0 spiro atoms. The Morgan fingerprint density at radius 2 is 2.09 bits per heavy atom. The largest absolute Gasteiger partial charge is 0.396 e. The molecular formula is C7H15FNOP. The predicted octanol–water partition coefficient (Wildman–Crippen LogP) is 0.471. The Bertz CT molecular complexity index is 163. The number of aliphatic hydroxyl groups is 1. The van der Waals surface area contributed by atoms with Crippen molar-refractivity contribution >= 4 is 9.24 Å². The average molecular weight is 179 g/mol. The van der Waals surface area contributed by atoms with Crippen molar-refractivity contribution in [2.45, 2.75) is 11.8 Å². The van der Waals surface area contributed by atoms with Gasteiger partial charge < -0.3 is 10.0 Å². The van der Waals surface area contributed by atoms with Crippen LogP contribution in [-0.4, -0.2) is 42.7 Å². The Balaban J connectivity index is 2.53. The number of hydrogen-bond acceptors (Lipinski definition) is 2. The van der Waals surface area contributed by atoms with Crippen molar-refractivity contribution in [1.29, 1.82) is 0 Å². The SMILES string of the molecule is CN(C)CC1(CO)CC1(F)P. The highest BCUT2D eigenvalue weighted by atomic mass is 31.0. The Morgan fingerprint density at radius 1 is 1.64 bits per heavy atom. The lowest BCUT2D eigenvalue weighted by atomic mass is 10.1. The van der Waals surface area contributed by atoms with Crippen molar-refractivity contribution in [3.05, 3.63) is 0 Å². The van der Waals surface area contributed by atoms with Crippen molar-refractivity contribution in [2.75, 3.05) is 27.2 Å². The molecule has 0 aromatic heterocycles. The third kappa shape index (κ3) is 1.56. The average Bonchev–Trinajstić information content (AvgIpc) is 2.33. The van der Waals surface area contributed by atoms with E-state index >= 15 is 0 Å². The highest BCUT2D eigenvalue weighted by Crippen LogP contribution is 2.63. The lowest BCUT2D eigenvalue weighted by Crippen LogP contribution is -2.29. The molecular weight excluding hydrogens is 164 g/mol. The molecule has 0 aromatic rings. The van der Waals surface area contributed by atoms with E-state index < -0.39 is 10.8 Å². The van der Waals surface area contributed by atoms with Crippen LogP contribution >= 0.6 is 9.24 Å². The van der Waals surface area contributed by atoms with E-state index in [1.807, 2.05) is 19.0 Å². The molecule has 1 rings (SSSR count). The van der Waals surface area contributed by atoms with Crippen molar-refractivity contribution in [1.82, 2.24) is 4.90 Å². The maximum absolute atomic E-state index is 13.3. The van der Waals surface area contributed by atoms with Gasteiger partial charge in [-0.15, -0.1) is 0 Å². The standard InChI is InChI=1S/C7H15FNOP/c1-9(2)4-6(5-10)3-7(6,8)11/h10H,3-5,11H2,1-2H3. The van der Waals surface area contributed by atoms with Gasteiger partial charge in [0.1, 0.15) is 5.41 Å². The van der Waals surface area contributed by atoms with Gasteiger partial charge in [0.2, 0.25) is 0 Å². The molecule has 1 saturated carbocycles. The summed E-state index contributed by atoms with van der Waals surface area (Å²) in [6, 6.07) is 0. The van der Waals surface area contributed by atoms with E-state index in [-0.39, 0.29) is 6.61 Å². The topological polar surface area (TPSA) is 23.5 Å². The van der Waals surface area contributed by atoms with Crippen LogP contribution < -0.4 is 0 Å². The molecule has 1 aliphatic carbocycles. The van der Waals surface area contributed by atoms with E-state index in [1.165, 1.54) is 0 Å². The third-order valence-electron chi connectivity index (χ3n) is 2.27. The summed E-state index contributed by atoms with van der Waals surface area (Å²) in [6.45, 7) is 0.550. The molecule has 1 fully saturated rings. The lowest BCUT2D eigenvalue weighted by molar-refractivity contribution is 0.144. The predicted molar refractivity (Wildman–Crippen MR) is 46.2 cm³/mol. The lowest BCUT2D eigenvalue weighted by Gasteiger charge is -2.19. The molecule has 3 unspecified atom stereocenters. The monoisotopic (exact) mass is 179 g/mol. The van der Waals surface area contributed by atoms with Crippen LogP contribution in [0.4, 0.5) is 4.39 Å². The molecule has 0 saturated heterocycles. The van der Waals surface area contributed by atoms with Crippen molar-refractivity contribution in [3.63, 3.8) is 0 Å². The van der Waals surface area contributed by atoms with Crippen LogP contribution in [0.25, 0.3) is 0 Å². The fourth-order valence-corrected chi connectivity index (χ4v) is 2.05. The zero-order valence-electron chi connectivity index (χ0n) is 6.97. The minimum Gasteiger partial charge on any atom is -0.396 e. The molecule has 1 aliphatic rings. The van der Waals surface area contributed by atoms with Gasteiger partial charge in [-0.1, -0.05) is 9.24 Å². The van der Waals surface area contributed by atoms with Gasteiger partial charge in [-0.25, -0.2) is 4.39 Å². The summed E-state index contributed by atoms with van der Waals surface area (Å²) in [7, 11) is 5.95. The van der Waals surface area contributed by atoms with Crippen molar-refractivity contribution in [2.24, 2.45) is 5.41 Å². The van der Waals surface area contributed by atoms with Gasteiger partial charge in [0.15, 0.2) is 0 Å². The van der Waals surface area contributed by atoms with E-state index in [9.17, 15) is 4.39 Å². The first-order valence-electron chi connectivity index (χ1n) is 3.67. The molecule has 0 aliphatic heterocycles. The van der Waals surface area contributed by atoms with E-state index in [2.05, 4.69) is 9.24 Å². The number of alkyl halides is 1. The summed E-state index contributed by atoms with van der Waals surface area (Å²) in [6.07, 6.45) is 0.458. The fraction of sp³-hybridized carbons (Fsp3) is 1.00. The summed E-state index contributed by atoms with van der Waals surface area (Å²) in [5, 5.41) is 7.73. The number of aliphatic hydroxyl groups excluding tert-OH is 1. The van der Waals surface area contributed by atoms with Crippen LogP contribution in [0.2, 0.25) is 0 Å². The van der Waals surface area contributed by atoms with Crippen LogP contribution in [0.15, 0.2) is 0 Å². The highest BCUT2D eigenvalue weighted by molar-refractivity contribution is 7.19.